The van der Waals surface area contributed by atoms with E-state index < -0.39 is 0 Å². The highest BCUT2D eigenvalue weighted by molar-refractivity contribution is 5.44. The molecule has 0 aliphatic heterocycles. The van der Waals surface area contributed by atoms with Gasteiger partial charge in [0.2, 0.25) is 0 Å². The van der Waals surface area contributed by atoms with Crippen LogP contribution in [0.3, 0.4) is 0 Å². The van der Waals surface area contributed by atoms with E-state index in [1.54, 1.807) is 14.2 Å². The SMILES string of the molecule is COCC(C)Oc1ccc(C(C)(C)C)cc1OC. The molecule has 0 bridgehead atoms. The van der Waals surface area contributed by atoms with Gasteiger partial charge in [0.1, 0.15) is 6.10 Å². The Labute approximate surface area is 110 Å². The van der Waals surface area contributed by atoms with Crippen molar-refractivity contribution in [3.8, 4) is 11.5 Å². The lowest BCUT2D eigenvalue weighted by molar-refractivity contribution is 0.0899. The maximum atomic E-state index is 5.79. The summed E-state index contributed by atoms with van der Waals surface area (Å²) in [7, 11) is 3.33. The molecule has 0 fully saturated rings. The van der Waals surface area contributed by atoms with E-state index in [0.29, 0.717) is 6.61 Å². The van der Waals surface area contributed by atoms with Crippen LogP contribution in [0.15, 0.2) is 18.2 Å². The molecule has 0 aliphatic rings. The quantitative estimate of drug-likeness (QED) is 0.803. The second kappa shape index (κ2) is 6.10. The third-order valence-electron chi connectivity index (χ3n) is 2.76. The first-order valence-corrected chi connectivity index (χ1v) is 6.22. The molecule has 0 spiro atoms. The lowest BCUT2D eigenvalue weighted by Crippen LogP contribution is -2.18. The predicted octanol–water partition coefficient (Wildman–Crippen LogP) is 3.41. The van der Waals surface area contributed by atoms with Gasteiger partial charge in [-0.15, -0.1) is 0 Å². The smallest absolute Gasteiger partial charge is 0.161 e. The van der Waals surface area contributed by atoms with Crippen molar-refractivity contribution in [1.82, 2.24) is 0 Å². The number of ether oxygens (including phenoxy) is 3. The van der Waals surface area contributed by atoms with Crippen LogP contribution in [-0.2, 0) is 10.2 Å². The Bertz CT molecular complexity index is 380. The fourth-order valence-electron chi connectivity index (χ4n) is 1.72. The molecule has 1 atom stereocenters. The highest BCUT2D eigenvalue weighted by Crippen LogP contribution is 2.33. The number of rotatable bonds is 5. The van der Waals surface area contributed by atoms with Crippen molar-refractivity contribution >= 4 is 0 Å². The summed E-state index contributed by atoms with van der Waals surface area (Å²) in [6.07, 6.45) is 0.00406. The molecule has 0 N–H and O–H groups in total. The highest BCUT2D eigenvalue weighted by atomic mass is 16.5. The normalized spacial score (nSPS) is 13.2. The molecule has 102 valence electrons. The van der Waals surface area contributed by atoms with E-state index in [9.17, 15) is 0 Å². The summed E-state index contributed by atoms with van der Waals surface area (Å²) in [5, 5.41) is 0. The summed E-state index contributed by atoms with van der Waals surface area (Å²) in [5.41, 5.74) is 1.33. The van der Waals surface area contributed by atoms with Crippen LogP contribution in [0.25, 0.3) is 0 Å². The van der Waals surface area contributed by atoms with Gasteiger partial charge in [0.15, 0.2) is 11.5 Å². The van der Waals surface area contributed by atoms with E-state index in [4.69, 9.17) is 14.2 Å². The van der Waals surface area contributed by atoms with E-state index >= 15 is 0 Å². The molecule has 0 aromatic heterocycles. The fraction of sp³-hybridized carbons (Fsp3) is 0.600. The second-order valence-corrected chi connectivity index (χ2v) is 5.50. The van der Waals surface area contributed by atoms with E-state index in [1.165, 1.54) is 5.56 Å². The molecule has 0 radical (unpaired) electrons. The summed E-state index contributed by atoms with van der Waals surface area (Å²) in [6, 6.07) is 6.08. The molecule has 0 aliphatic carbocycles. The number of benzene rings is 1. The minimum atomic E-state index is 0.00406. The van der Waals surface area contributed by atoms with Crippen LogP contribution < -0.4 is 9.47 Å². The van der Waals surface area contributed by atoms with Crippen molar-refractivity contribution in [2.45, 2.75) is 39.2 Å². The summed E-state index contributed by atoms with van der Waals surface area (Å²) < 4.78 is 16.3. The first-order valence-electron chi connectivity index (χ1n) is 6.22. The summed E-state index contributed by atoms with van der Waals surface area (Å²) in [6.45, 7) is 9.06. The molecular weight excluding hydrogens is 228 g/mol. The molecule has 3 nitrogen and oxygen atoms in total. The van der Waals surface area contributed by atoms with Gasteiger partial charge in [-0.05, 0) is 30.0 Å². The van der Waals surface area contributed by atoms with Gasteiger partial charge in [0, 0.05) is 7.11 Å². The summed E-state index contributed by atoms with van der Waals surface area (Å²) >= 11 is 0. The number of methoxy groups -OCH3 is 2. The zero-order valence-electron chi connectivity index (χ0n) is 12.2. The monoisotopic (exact) mass is 252 g/mol. The van der Waals surface area contributed by atoms with Crippen molar-refractivity contribution in [2.24, 2.45) is 0 Å². The minimum Gasteiger partial charge on any atom is -0.493 e. The van der Waals surface area contributed by atoms with E-state index in [-0.39, 0.29) is 11.5 Å². The maximum Gasteiger partial charge on any atom is 0.161 e. The van der Waals surface area contributed by atoms with Gasteiger partial charge < -0.3 is 14.2 Å². The van der Waals surface area contributed by atoms with Crippen LogP contribution in [0.1, 0.15) is 33.3 Å². The Morgan fingerprint density at radius 1 is 1.11 bits per heavy atom. The maximum absolute atomic E-state index is 5.79. The van der Waals surface area contributed by atoms with E-state index in [0.717, 1.165) is 11.5 Å². The Morgan fingerprint density at radius 2 is 1.78 bits per heavy atom. The molecular formula is C15H24O3. The van der Waals surface area contributed by atoms with E-state index in [2.05, 4.69) is 26.8 Å². The highest BCUT2D eigenvalue weighted by Gasteiger charge is 2.17. The van der Waals surface area contributed by atoms with Gasteiger partial charge >= 0.3 is 0 Å². The third-order valence-corrected chi connectivity index (χ3v) is 2.76. The summed E-state index contributed by atoms with van der Waals surface area (Å²) in [4.78, 5) is 0. The summed E-state index contributed by atoms with van der Waals surface area (Å²) in [5.74, 6) is 1.53. The van der Waals surface area contributed by atoms with Gasteiger partial charge in [-0.1, -0.05) is 26.8 Å². The minimum absolute atomic E-state index is 0.00406. The fourth-order valence-corrected chi connectivity index (χ4v) is 1.72. The first kappa shape index (κ1) is 14.8. The predicted molar refractivity (Wildman–Crippen MR) is 73.7 cm³/mol. The molecule has 1 unspecified atom stereocenters. The molecule has 1 aromatic rings. The van der Waals surface area contributed by atoms with Crippen LogP contribution in [0, 0.1) is 0 Å². The molecule has 0 saturated carbocycles. The molecule has 1 rings (SSSR count). The van der Waals surface area contributed by atoms with Crippen molar-refractivity contribution in [1.29, 1.82) is 0 Å². The Hall–Kier alpha value is -1.22. The average Bonchev–Trinajstić information content (AvgIpc) is 2.28. The Balaban J connectivity index is 2.93. The molecule has 0 amide bonds. The van der Waals surface area contributed by atoms with Crippen LogP contribution in [0.2, 0.25) is 0 Å². The molecule has 18 heavy (non-hydrogen) atoms. The van der Waals surface area contributed by atoms with Gasteiger partial charge in [-0.25, -0.2) is 0 Å². The largest absolute Gasteiger partial charge is 0.493 e. The Kier molecular flexibility index (Phi) is 5.03. The van der Waals surface area contributed by atoms with Crippen LogP contribution in [0.4, 0.5) is 0 Å². The zero-order chi connectivity index (χ0) is 13.8. The molecule has 3 heteroatoms. The van der Waals surface area contributed by atoms with Crippen LogP contribution >= 0.6 is 0 Å². The first-order chi connectivity index (χ1) is 8.38. The average molecular weight is 252 g/mol. The van der Waals surface area contributed by atoms with Crippen molar-refractivity contribution in [3.63, 3.8) is 0 Å². The van der Waals surface area contributed by atoms with Crippen molar-refractivity contribution < 1.29 is 14.2 Å². The molecule has 1 aromatic carbocycles. The van der Waals surface area contributed by atoms with Gasteiger partial charge in [0.25, 0.3) is 0 Å². The number of hydrogen-bond acceptors (Lipinski definition) is 3. The number of hydrogen-bond donors (Lipinski definition) is 0. The van der Waals surface area contributed by atoms with Gasteiger partial charge in [-0.3, -0.25) is 0 Å². The molecule has 0 saturated heterocycles. The third kappa shape index (κ3) is 3.91. The van der Waals surface area contributed by atoms with Crippen LogP contribution in [0.5, 0.6) is 11.5 Å². The second-order valence-electron chi connectivity index (χ2n) is 5.50. The standard InChI is InChI=1S/C15H24O3/c1-11(10-16-5)18-13-8-7-12(15(2,3)4)9-14(13)17-6/h7-9,11H,10H2,1-6H3. The van der Waals surface area contributed by atoms with Crippen LogP contribution in [-0.4, -0.2) is 26.9 Å². The topological polar surface area (TPSA) is 27.7 Å². The Morgan fingerprint density at radius 3 is 2.28 bits per heavy atom. The van der Waals surface area contributed by atoms with Crippen molar-refractivity contribution in [2.75, 3.05) is 20.8 Å². The lowest BCUT2D eigenvalue weighted by atomic mass is 9.87. The molecule has 0 heterocycles. The van der Waals surface area contributed by atoms with Gasteiger partial charge in [0.05, 0.1) is 13.7 Å². The lowest BCUT2D eigenvalue weighted by Gasteiger charge is -2.22. The zero-order valence-corrected chi connectivity index (χ0v) is 12.2. The van der Waals surface area contributed by atoms with E-state index in [1.807, 2.05) is 19.1 Å². The van der Waals surface area contributed by atoms with Gasteiger partial charge in [-0.2, -0.15) is 0 Å². The van der Waals surface area contributed by atoms with Crippen molar-refractivity contribution in [3.05, 3.63) is 23.8 Å².